The zero-order valence-electron chi connectivity index (χ0n) is 5.55. The molecule has 0 aromatic rings. The molecule has 4 heteroatoms. The number of hydrogen-bond acceptors (Lipinski definition) is 2. The molecule has 51 valence electrons. The van der Waals surface area contributed by atoms with E-state index in [-0.39, 0.29) is 29.9 Å². The Bertz CT molecular complexity index is 77.4. The predicted molar refractivity (Wildman–Crippen MR) is 41.5 cm³/mol. The fourth-order valence-electron chi connectivity index (χ4n) is 0.371. The summed E-state index contributed by atoms with van der Waals surface area (Å²) in [6, 6.07) is 0. The Morgan fingerprint density at radius 2 is 2.22 bits per heavy atom. The molecule has 0 saturated carbocycles. The average molecular weight is 294 g/mol. The van der Waals surface area contributed by atoms with Gasteiger partial charge in [0.05, 0.1) is 0 Å². The summed E-state index contributed by atoms with van der Waals surface area (Å²) in [5.74, 6) is -0.0848. The van der Waals surface area contributed by atoms with Crippen LogP contribution < -0.4 is 0 Å². The van der Waals surface area contributed by atoms with Gasteiger partial charge in [-0.3, -0.25) is 0 Å². The largest absolute Gasteiger partial charge is 0.107 e. The maximum absolute atomic E-state index is 10.4. The second-order valence-corrected chi connectivity index (χ2v) is 3.02. The molecule has 0 aliphatic rings. The predicted octanol–water partition coefficient (Wildman–Crippen LogP) is 1.52. The van der Waals surface area contributed by atoms with Crippen LogP contribution in [-0.4, -0.2) is 13.1 Å². The van der Waals surface area contributed by atoms with Crippen molar-refractivity contribution in [3.05, 3.63) is 0 Å². The van der Waals surface area contributed by atoms with Crippen LogP contribution in [0.2, 0.25) is 5.02 Å². The summed E-state index contributed by atoms with van der Waals surface area (Å²) in [5.41, 5.74) is 0. The first-order chi connectivity index (χ1) is 3.81. The summed E-state index contributed by atoms with van der Waals surface area (Å²) < 4.78 is 4.43. The molecule has 0 rings (SSSR count). The van der Waals surface area contributed by atoms with Gasteiger partial charge >= 0.3 is 58.8 Å². The molecular formula is C5H10IO2Zn. The Balaban J connectivity index is 0. The molecule has 0 atom stereocenters. The molecule has 0 aliphatic carbocycles. The van der Waals surface area contributed by atoms with E-state index in [9.17, 15) is 4.79 Å². The molecule has 0 spiro atoms. The normalized spacial score (nSPS) is 7.89. The van der Waals surface area contributed by atoms with Crippen LogP contribution in [0.3, 0.4) is 0 Å². The summed E-state index contributed by atoms with van der Waals surface area (Å²) in [7, 11) is 1.42. The third kappa shape index (κ3) is 8.82. The molecule has 2 nitrogen and oxygen atoms in total. The second-order valence-electron chi connectivity index (χ2n) is 1.53. The van der Waals surface area contributed by atoms with E-state index in [1.54, 1.807) is 0 Å². The van der Waals surface area contributed by atoms with Gasteiger partial charge in [-0.15, -0.1) is 24.0 Å². The van der Waals surface area contributed by atoms with Crippen molar-refractivity contribution in [2.24, 2.45) is 0 Å². The molecule has 0 amide bonds. The summed E-state index contributed by atoms with van der Waals surface area (Å²) in [6.45, 7) is 0. The molecule has 0 radical (unpaired) electrons. The fraction of sp³-hybridized carbons (Fsp3) is 0.800. The number of methoxy groups -OCH3 is 1. The monoisotopic (exact) mass is 293 g/mol. The molecule has 0 saturated heterocycles. The van der Waals surface area contributed by atoms with Gasteiger partial charge in [-0.05, 0) is 0 Å². The molecule has 0 aromatic carbocycles. The first kappa shape index (κ1) is 12.5. The van der Waals surface area contributed by atoms with E-state index in [0.29, 0.717) is 6.42 Å². The van der Waals surface area contributed by atoms with E-state index in [1.165, 1.54) is 30.4 Å². The Kier molecular flexibility index (Phi) is 12.2. The van der Waals surface area contributed by atoms with Gasteiger partial charge < -0.3 is 0 Å². The van der Waals surface area contributed by atoms with Gasteiger partial charge in [-0.2, -0.15) is 0 Å². The Morgan fingerprint density at radius 3 is 2.56 bits per heavy atom. The summed E-state index contributed by atoms with van der Waals surface area (Å²) in [5, 5.41) is 1.18. The van der Waals surface area contributed by atoms with E-state index in [2.05, 4.69) is 4.74 Å². The summed E-state index contributed by atoms with van der Waals surface area (Å²) in [6.07, 6.45) is 1.59. The van der Waals surface area contributed by atoms with Crippen LogP contribution in [-0.2, 0) is 27.8 Å². The molecule has 0 heterocycles. The van der Waals surface area contributed by atoms with Gasteiger partial charge in [0.2, 0.25) is 0 Å². The van der Waals surface area contributed by atoms with Crippen molar-refractivity contribution in [3.8, 4) is 0 Å². The van der Waals surface area contributed by atoms with Gasteiger partial charge in [0.15, 0.2) is 0 Å². The number of carbonyl (C=O) groups excluding carboxylic acids is 1. The molecule has 0 unspecified atom stereocenters. The average Bonchev–Trinajstić information content (AvgIpc) is 1.83. The zero-order chi connectivity index (χ0) is 6.41. The van der Waals surface area contributed by atoms with Gasteiger partial charge in [0.1, 0.15) is 0 Å². The van der Waals surface area contributed by atoms with Crippen molar-refractivity contribution >= 4 is 29.9 Å². The van der Waals surface area contributed by atoms with Crippen molar-refractivity contribution in [1.29, 1.82) is 0 Å². The van der Waals surface area contributed by atoms with Crippen molar-refractivity contribution in [2.75, 3.05) is 7.11 Å². The van der Waals surface area contributed by atoms with E-state index in [4.69, 9.17) is 0 Å². The Hall–Kier alpha value is 0.823. The van der Waals surface area contributed by atoms with Crippen LogP contribution in [0.15, 0.2) is 0 Å². The van der Waals surface area contributed by atoms with Gasteiger partial charge in [0.25, 0.3) is 0 Å². The maximum Gasteiger partial charge on any atom is -0.107 e. The van der Waals surface area contributed by atoms with Crippen LogP contribution >= 0.6 is 24.0 Å². The molecule has 0 bridgehead atoms. The van der Waals surface area contributed by atoms with Crippen LogP contribution in [0, 0.1) is 0 Å². The van der Waals surface area contributed by atoms with Crippen LogP contribution in [0.5, 0.6) is 0 Å². The first-order valence-electron chi connectivity index (χ1n) is 2.67. The quantitative estimate of drug-likeness (QED) is 0.448. The Labute approximate surface area is 82.4 Å². The van der Waals surface area contributed by atoms with Crippen molar-refractivity contribution in [3.63, 3.8) is 0 Å². The molecule has 9 heavy (non-hydrogen) atoms. The SMILES string of the molecule is COC(=O)CC[CH2][Zn].I. The minimum absolute atomic E-state index is 0. The van der Waals surface area contributed by atoms with E-state index in [0.717, 1.165) is 6.42 Å². The molecular weight excluding hydrogens is 284 g/mol. The molecule has 0 aliphatic heterocycles. The summed E-state index contributed by atoms with van der Waals surface area (Å²) >= 11 is 1.27. The van der Waals surface area contributed by atoms with Gasteiger partial charge in [-0.25, -0.2) is 0 Å². The number of rotatable bonds is 3. The Morgan fingerprint density at radius 1 is 1.67 bits per heavy atom. The first-order valence-corrected chi connectivity index (χ1v) is 4.77. The number of ether oxygens (including phenoxy) is 1. The van der Waals surface area contributed by atoms with Crippen LogP contribution in [0.4, 0.5) is 0 Å². The van der Waals surface area contributed by atoms with Crippen molar-refractivity contribution in [2.45, 2.75) is 17.9 Å². The van der Waals surface area contributed by atoms with Crippen LogP contribution in [0.25, 0.3) is 0 Å². The number of esters is 1. The fourth-order valence-corrected chi connectivity index (χ4v) is 0.896. The minimum Gasteiger partial charge on any atom is -0.107 e. The van der Waals surface area contributed by atoms with E-state index < -0.39 is 0 Å². The topological polar surface area (TPSA) is 26.3 Å². The molecule has 0 N–H and O–H groups in total. The minimum atomic E-state index is -0.0848. The summed E-state index contributed by atoms with van der Waals surface area (Å²) in [4.78, 5) is 10.4. The number of carbonyl (C=O) groups is 1. The van der Waals surface area contributed by atoms with E-state index >= 15 is 0 Å². The molecule has 0 aromatic heterocycles. The maximum atomic E-state index is 10.4. The van der Waals surface area contributed by atoms with Crippen molar-refractivity contribution in [1.82, 2.24) is 0 Å². The van der Waals surface area contributed by atoms with Gasteiger partial charge in [0, 0.05) is 0 Å². The third-order valence-electron chi connectivity index (χ3n) is 0.859. The number of halogens is 1. The second kappa shape index (κ2) is 8.82. The van der Waals surface area contributed by atoms with Crippen molar-refractivity contribution < 1.29 is 27.8 Å². The van der Waals surface area contributed by atoms with E-state index in [1.807, 2.05) is 0 Å². The smallest absolute Gasteiger partial charge is 0.107 e. The van der Waals surface area contributed by atoms with Crippen LogP contribution in [0.1, 0.15) is 12.8 Å². The molecule has 0 fully saturated rings. The number of hydrogen-bond donors (Lipinski definition) is 0. The van der Waals surface area contributed by atoms with Gasteiger partial charge in [-0.1, -0.05) is 0 Å². The standard InChI is InChI=1S/C5H9O2.HI.Zn/c1-3-4-5(6)7-2;;/h1,3-4H2,2H3;1H;. The zero-order valence-corrected chi connectivity index (χ0v) is 10.9. The third-order valence-corrected chi connectivity index (χ3v) is 1.91.